The van der Waals surface area contributed by atoms with Crippen LogP contribution in [0.1, 0.15) is 30.0 Å². The maximum atomic E-state index is 14.6. The molecule has 5 aromatic rings. The van der Waals surface area contributed by atoms with Crippen LogP contribution in [0, 0.1) is 17.1 Å². The van der Waals surface area contributed by atoms with Gasteiger partial charge in [0.1, 0.15) is 17.1 Å². The van der Waals surface area contributed by atoms with E-state index in [0.717, 1.165) is 27.8 Å². The van der Waals surface area contributed by atoms with E-state index in [0.29, 0.717) is 16.9 Å². The number of hydrogen-bond donors (Lipinski definition) is 1. The standard InChI is InChI=1S/C28H25FN6O2/c1-28(2,15-30)26-32-21-13-17(16-6-9-19(20(29)12-16)25(36)31-3)7-10-22(21)35(26)18-8-11-23-24(14-18)34(5)27(37)33(23)4/h6-14H,1-5H3,(H,31,36). The molecule has 8 nitrogen and oxygen atoms in total. The van der Waals surface area contributed by atoms with Crippen molar-refractivity contribution in [3.05, 3.63) is 82.3 Å². The number of nitrogens with zero attached hydrogens (tertiary/aromatic N) is 5. The van der Waals surface area contributed by atoms with Crippen LogP contribution < -0.4 is 11.0 Å². The number of halogens is 1. The third-order valence-electron chi connectivity index (χ3n) is 6.78. The quantitative estimate of drug-likeness (QED) is 0.404. The van der Waals surface area contributed by atoms with Crippen LogP contribution in [-0.4, -0.2) is 31.6 Å². The summed E-state index contributed by atoms with van der Waals surface area (Å²) in [7, 11) is 4.91. The zero-order valence-electron chi connectivity index (χ0n) is 21.1. The number of amides is 1. The number of aryl methyl sites for hydroxylation is 2. The van der Waals surface area contributed by atoms with Crippen LogP contribution in [0.25, 0.3) is 38.9 Å². The Bertz CT molecular complexity index is 1830. The first kappa shape index (κ1) is 24.0. The summed E-state index contributed by atoms with van der Waals surface area (Å²) < 4.78 is 19.7. The average Bonchev–Trinajstić information content (AvgIpc) is 3.39. The van der Waals surface area contributed by atoms with E-state index in [1.165, 1.54) is 19.2 Å². The molecule has 3 aromatic carbocycles. The van der Waals surface area contributed by atoms with Gasteiger partial charge in [-0.05, 0) is 67.4 Å². The lowest BCUT2D eigenvalue weighted by atomic mass is 9.94. The molecular weight excluding hydrogens is 471 g/mol. The second-order valence-electron chi connectivity index (χ2n) is 9.56. The minimum atomic E-state index is -0.919. The average molecular weight is 497 g/mol. The van der Waals surface area contributed by atoms with Crippen molar-refractivity contribution in [3.63, 3.8) is 0 Å². The first-order valence-electron chi connectivity index (χ1n) is 11.7. The zero-order valence-corrected chi connectivity index (χ0v) is 21.1. The van der Waals surface area contributed by atoms with E-state index in [-0.39, 0.29) is 11.3 Å². The molecule has 37 heavy (non-hydrogen) atoms. The fourth-order valence-corrected chi connectivity index (χ4v) is 4.64. The molecule has 0 fully saturated rings. The first-order chi connectivity index (χ1) is 17.6. The molecule has 0 saturated carbocycles. The maximum Gasteiger partial charge on any atom is 0.328 e. The fraction of sp³-hybridized carbons (Fsp3) is 0.214. The lowest BCUT2D eigenvalue weighted by molar-refractivity contribution is 0.0959. The van der Waals surface area contributed by atoms with Gasteiger partial charge in [-0.2, -0.15) is 5.26 Å². The summed E-state index contributed by atoms with van der Waals surface area (Å²) in [6.07, 6.45) is 0. The number of nitrogens with one attached hydrogen (secondary N) is 1. The number of aromatic nitrogens is 4. The lowest BCUT2D eigenvalue weighted by Gasteiger charge is -2.18. The van der Waals surface area contributed by atoms with E-state index < -0.39 is 17.1 Å². The predicted molar refractivity (Wildman–Crippen MR) is 140 cm³/mol. The van der Waals surface area contributed by atoms with Crippen molar-refractivity contribution in [3.8, 4) is 22.9 Å². The number of carbonyl (C=O) groups is 1. The van der Waals surface area contributed by atoms with Crippen molar-refractivity contribution in [2.24, 2.45) is 14.1 Å². The topological polar surface area (TPSA) is 97.6 Å². The van der Waals surface area contributed by atoms with E-state index in [4.69, 9.17) is 4.98 Å². The summed E-state index contributed by atoms with van der Waals surface area (Å²) in [5.74, 6) is -0.561. The Balaban J connectivity index is 1.72. The van der Waals surface area contributed by atoms with E-state index in [9.17, 15) is 19.2 Å². The van der Waals surface area contributed by atoms with Crippen molar-refractivity contribution in [1.82, 2.24) is 24.0 Å². The molecule has 9 heteroatoms. The Kier molecular flexibility index (Phi) is 5.48. The molecule has 0 radical (unpaired) electrons. The van der Waals surface area contributed by atoms with Gasteiger partial charge in [0.2, 0.25) is 0 Å². The SMILES string of the molecule is CNC(=O)c1ccc(-c2ccc3c(c2)nc(C(C)(C)C#N)n3-c2ccc3c(c2)n(C)c(=O)n3C)cc1F. The Morgan fingerprint density at radius 2 is 1.62 bits per heavy atom. The lowest BCUT2D eigenvalue weighted by Crippen LogP contribution is -2.20. The Morgan fingerprint density at radius 1 is 0.973 bits per heavy atom. The van der Waals surface area contributed by atoms with Gasteiger partial charge in [0.05, 0.1) is 33.7 Å². The summed E-state index contributed by atoms with van der Waals surface area (Å²) in [6.45, 7) is 3.60. The van der Waals surface area contributed by atoms with E-state index in [1.54, 1.807) is 43.1 Å². The predicted octanol–water partition coefficient (Wildman–Crippen LogP) is 4.18. The normalized spacial score (nSPS) is 11.7. The molecule has 0 bridgehead atoms. The van der Waals surface area contributed by atoms with Crippen molar-refractivity contribution in [1.29, 1.82) is 5.26 Å². The molecule has 0 unspecified atom stereocenters. The van der Waals surface area contributed by atoms with E-state index >= 15 is 0 Å². The van der Waals surface area contributed by atoms with Crippen molar-refractivity contribution >= 4 is 28.0 Å². The highest BCUT2D eigenvalue weighted by atomic mass is 19.1. The smallest absolute Gasteiger partial charge is 0.328 e. The van der Waals surface area contributed by atoms with Gasteiger partial charge >= 0.3 is 5.69 Å². The van der Waals surface area contributed by atoms with Gasteiger partial charge in [-0.3, -0.25) is 18.5 Å². The van der Waals surface area contributed by atoms with Gasteiger partial charge in [-0.25, -0.2) is 14.2 Å². The van der Waals surface area contributed by atoms with E-state index in [1.807, 2.05) is 41.0 Å². The van der Waals surface area contributed by atoms with Crippen molar-refractivity contribution < 1.29 is 9.18 Å². The molecule has 0 aliphatic rings. The third kappa shape index (κ3) is 3.69. The molecule has 2 aromatic heterocycles. The number of rotatable bonds is 4. The molecule has 1 amide bonds. The Hall–Kier alpha value is -4.71. The van der Waals surface area contributed by atoms with Crippen LogP contribution in [0.5, 0.6) is 0 Å². The molecule has 2 heterocycles. The second kappa shape index (κ2) is 8.45. The van der Waals surface area contributed by atoms with Gasteiger partial charge in [0, 0.05) is 26.8 Å². The summed E-state index contributed by atoms with van der Waals surface area (Å²) in [6, 6.07) is 18.1. The molecule has 5 rings (SSSR count). The number of fused-ring (bicyclic) bond motifs is 2. The number of carbonyl (C=O) groups excluding carboxylic acids is 1. The minimum Gasteiger partial charge on any atom is -0.355 e. The van der Waals surface area contributed by atoms with Crippen LogP contribution >= 0.6 is 0 Å². The van der Waals surface area contributed by atoms with Gasteiger partial charge in [0.25, 0.3) is 5.91 Å². The number of imidazole rings is 2. The highest BCUT2D eigenvalue weighted by molar-refractivity contribution is 5.95. The van der Waals surface area contributed by atoms with Gasteiger partial charge in [-0.1, -0.05) is 12.1 Å². The number of hydrogen-bond acceptors (Lipinski definition) is 4. The molecule has 0 saturated heterocycles. The van der Waals surface area contributed by atoms with E-state index in [2.05, 4.69) is 11.4 Å². The van der Waals surface area contributed by atoms with Crippen LogP contribution in [0.15, 0.2) is 59.4 Å². The first-order valence-corrected chi connectivity index (χ1v) is 11.7. The molecule has 0 spiro atoms. The largest absolute Gasteiger partial charge is 0.355 e. The highest BCUT2D eigenvalue weighted by Gasteiger charge is 2.29. The van der Waals surface area contributed by atoms with Crippen LogP contribution in [0.2, 0.25) is 0 Å². The molecular formula is C28H25FN6O2. The van der Waals surface area contributed by atoms with Gasteiger partial charge in [-0.15, -0.1) is 0 Å². The summed E-state index contributed by atoms with van der Waals surface area (Å²) >= 11 is 0. The highest BCUT2D eigenvalue weighted by Crippen LogP contribution is 2.33. The molecule has 1 N–H and O–H groups in total. The molecule has 0 atom stereocenters. The van der Waals surface area contributed by atoms with Gasteiger partial charge < -0.3 is 5.32 Å². The summed E-state index contributed by atoms with van der Waals surface area (Å²) in [5, 5.41) is 12.4. The van der Waals surface area contributed by atoms with Gasteiger partial charge in [0.15, 0.2) is 0 Å². The molecule has 0 aliphatic carbocycles. The summed E-state index contributed by atoms with van der Waals surface area (Å²) in [5.41, 5.74) is 3.98. The number of nitriles is 1. The van der Waals surface area contributed by atoms with Crippen LogP contribution in [-0.2, 0) is 19.5 Å². The minimum absolute atomic E-state index is 0.0274. The summed E-state index contributed by atoms with van der Waals surface area (Å²) in [4.78, 5) is 29.2. The third-order valence-corrected chi connectivity index (χ3v) is 6.78. The monoisotopic (exact) mass is 496 g/mol. The second-order valence-corrected chi connectivity index (χ2v) is 9.56. The zero-order chi connectivity index (χ0) is 26.6. The fourth-order valence-electron chi connectivity index (χ4n) is 4.64. The molecule has 186 valence electrons. The number of benzene rings is 3. The Morgan fingerprint density at radius 3 is 2.30 bits per heavy atom. The molecule has 0 aliphatic heterocycles. The Labute approximate surface area is 212 Å². The van der Waals surface area contributed by atoms with Crippen molar-refractivity contribution in [2.45, 2.75) is 19.3 Å². The maximum absolute atomic E-state index is 14.6. The van der Waals surface area contributed by atoms with Crippen LogP contribution in [0.3, 0.4) is 0 Å². The van der Waals surface area contributed by atoms with Crippen molar-refractivity contribution in [2.75, 3.05) is 7.05 Å². The van der Waals surface area contributed by atoms with Crippen LogP contribution in [0.4, 0.5) is 4.39 Å².